The number of rotatable bonds is 9. The molecule has 5 rings (SSSR count). The molecule has 1 saturated carbocycles. The van der Waals surface area contributed by atoms with Crippen LogP contribution in [0.5, 0.6) is 5.75 Å². The number of hydrogen-bond acceptors (Lipinski definition) is 5. The van der Waals surface area contributed by atoms with Gasteiger partial charge in [-0.05, 0) is 30.0 Å². The molecule has 3 aliphatic rings. The summed E-state index contributed by atoms with van der Waals surface area (Å²) in [5.41, 5.74) is 2.26. The molecule has 0 bridgehead atoms. The molecule has 1 fully saturated rings. The zero-order valence-electron chi connectivity index (χ0n) is 21.1. The van der Waals surface area contributed by atoms with Gasteiger partial charge in [-0.25, -0.2) is 0 Å². The van der Waals surface area contributed by atoms with Crippen LogP contribution < -0.4 is 10.1 Å². The molecule has 0 spiro atoms. The SMILES string of the molecule is O=C(NCCO)C1=CC(N(Cc2ccccc2)C(=O)CCC2CCCC2)C(O)C2Oc3ccccc3C12. The molecule has 37 heavy (non-hydrogen) atoms. The standard InChI is InChI=1S/C30H36N2O5/c33-17-16-31-30(36)23-18-24(28(35)29-27(23)22-12-6-7-13-25(22)37-29)32(19-21-10-2-1-3-11-21)26(34)15-14-20-8-4-5-9-20/h1-3,6-7,10-13,18,20,24,27-29,33,35H,4-5,8-9,14-17,19H2,(H,31,36). The first-order valence-electron chi connectivity index (χ1n) is 13.4. The van der Waals surface area contributed by atoms with E-state index in [-0.39, 0.29) is 25.0 Å². The number of fused-ring (bicyclic) bond motifs is 3. The first-order valence-corrected chi connectivity index (χ1v) is 13.4. The van der Waals surface area contributed by atoms with Crippen LogP contribution in [0.2, 0.25) is 0 Å². The van der Waals surface area contributed by atoms with E-state index in [1.807, 2.05) is 54.6 Å². The normalized spacial score (nSPS) is 24.5. The average molecular weight is 505 g/mol. The van der Waals surface area contributed by atoms with E-state index >= 15 is 0 Å². The van der Waals surface area contributed by atoms with Crippen LogP contribution in [0.15, 0.2) is 66.2 Å². The number of benzene rings is 2. The van der Waals surface area contributed by atoms with Crippen LogP contribution in [0.25, 0.3) is 0 Å². The van der Waals surface area contributed by atoms with Gasteiger partial charge in [-0.3, -0.25) is 9.59 Å². The summed E-state index contributed by atoms with van der Waals surface area (Å²) in [6, 6.07) is 16.5. The Kier molecular flexibility index (Phi) is 7.91. The number of amides is 2. The minimum atomic E-state index is -1.01. The van der Waals surface area contributed by atoms with E-state index < -0.39 is 24.2 Å². The minimum Gasteiger partial charge on any atom is -0.486 e. The smallest absolute Gasteiger partial charge is 0.247 e. The van der Waals surface area contributed by atoms with Crippen molar-refractivity contribution in [1.82, 2.24) is 10.2 Å². The third-order valence-electron chi connectivity index (χ3n) is 7.99. The number of aliphatic hydroxyl groups excluding tert-OH is 2. The van der Waals surface area contributed by atoms with Crippen LogP contribution in [0.4, 0.5) is 0 Å². The monoisotopic (exact) mass is 504 g/mol. The highest BCUT2D eigenvalue weighted by Crippen LogP contribution is 2.47. The molecule has 0 radical (unpaired) electrons. The second kappa shape index (κ2) is 11.5. The fourth-order valence-electron chi connectivity index (χ4n) is 6.10. The zero-order chi connectivity index (χ0) is 25.8. The maximum atomic E-state index is 13.7. The average Bonchev–Trinajstić information content (AvgIpc) is 3.59. The Hall–Kier alpha value is -3.16. The second-order valence-corrected chi connectivity index (χ2v) is 10.4. The topological polar surface area (TPSA) is 99.1 Å². The van der Waals surface area contributed by atoms with Gasteiger partial charge in [-0.2, -0.15) is 0 Å². The molecule has 196 valence electrons. The quantitative estimate of drug-likeness (QED) is 0.487. The predicted molar refractivity (Wildman–Crippen MR) is 140 cm³/mol. The number of carbonyl (C=O) groups is 2. The molecule has 2 amide bonds. The summed E-state index contributed by atoms with van der Waals surface area (Å²) in [4.78, 5) is 28.7. The number of nitrogens with zero attached hydrogens (tertiary/aromatic N) is 1. The first-order chi connectivity index (χ1) is 18.1. The van der Waals surface area contributed by atoms with Gasteiger partial charge in [0.05, 0.1) is 18.6 Å². The Labute approximate surface area is 218 Å². The van der Waals surface area contributed by atoms with Crippen molar-refractivity contribution in [2.24, 2.45) is 5.92 Å². The fourth-order valence-corrected chi connectivity index (χ4v) is 6.10. The fraction of sp³-hybridized carbons (Fsp3) is 0.467. The summed E-state index contributed by atoms with van der Waals surface area (Å²) in [6.07, 6.45) is 6.10. The molecular formula is C30H36N2O5. The summed E-state index contributed by atoms with van der Waals surface area (Å²) in [5.74, 6) is 0.416. The predicted octanol–water partition coefficient (Wildman–Crippen LogP) is 3.31. The third kappa shape index (κ3) is 5.43. The lowest BCUT2D eigenvalue weighted by Crippen LogP contribution is -2.55. The van der Waals surface area contributed by atoms with Gasteiger partial charge in [0.25, 0.3) is 0 Å². The van der Waals surface area contributed by atoms with Crippen LogP contribution in [-0.2, 0) is 16.1 Å². The van der Waals surface area contributed by atoms with Crippen LogP contribution in [0.1, 0.15) is 55.6 Å². The molecule has 7 nitrogen and oxygen atoms in total. The van der Waals surface area contributed by atoms with Crippen molar-refractivity contribution in [2.75, 3.05) is 13.2 Å². The summed E-state index contributed by atoms with van der Waals surface area (Å²) in [5, 5.41) is 23.7. The van der Waals surface area contributed by atoms with Gasteiger partial charge < -0.3 is 25.2 Å². The van der Waals surface area contributed by atoms with Crippen molar-refractivity contribution < 1.29 is 24.5 Å². The molecule has 4 unspecified atom stereocenters. The number of carbonyl (C=O) groups excluding carboxylic acids is 2. The van der Waals surface area contributed by atoms with E-state index in [1.165, 1.54) is 25.7 Å². The molecular weight excluding hydrogens is 468 g/mol. The van der Waals surface area contributed by atoms with Gasteiger partial charge in [0.2, 0.25) is 11.8 Å². The lowest BCUT2D eigenvalue weighted by atomic mass is 9.77. The summed E-state index contributed by atoms with van der Waals surface area (Å²) in [7, 11) is 0. The highest BCUT2D eigenvalue weighted by Gasteiger charge is 2.50. The Morgan fingerprint density at radius 1 is 1.03 bits per heavy atom. The van der Waals surface area contributed by atoms with Crippen molar-refractivity contribution in [3.63, 3.8) is 0 Å². The van der Waals surface area contributed by atoms with E-state index in [1.54, 1.807) is 11.0 Å². The second-order valence-electron chi connectivity index (χ2n) is 10.4. The van der Waals surface area contributed by atoms with Gasteiger partial charge in [-0.1, -0.05) is 74.2 Å². The molecule has 2 aromatic carbocycles. The zero-order valence-corrected chi connectivity index (χ0v) is 21.1. The van der Waals surface area contributed by atoms with E-state index in [4.69, 9.17) is 4.74 Å². The number of aliphatic hydroxyl groups is 2. The van der Waals surface area contributed by atoms with E-state index in [2.05, 4.69) is 5.32 Å². The Balaban J connectivity index is 1.48. The Bertz CT molecular complexity index is 1130. The molecule has 2 aromatic rings. The Morgan fingerprint density at radius 2 is 1.76 bits per heavy atom. The Morgan fingerprint density at radius 3 is 2.51 bits per heavy atom. The summed E-state index contributed by atoms with van der Waals surface area (Å²) >= 11 is 0. The van der Waals surface area contributed by atoms with Gasteiger partial charge in [0, 0.05) is 30.6 Å². The molecule has 4 atom stereocenters. The van der Waals surface area contributed by atoms with E-state index in [9.17, 15) is 19.8 Å². The molecule has 0 aromatic heterocycles. The van der Waals surface area contributed by atoms with Gasteiger partial charge >= 0.3 is 0 Å². The van der Waals surface area contributed by atoms with Crippen molar-refractivity contribution in [3.8, 4) is 5.75 Å². The van der Waals surface area contributed by atoms with E-state index in [0.717, 1.165) is 17.5 Å². The highest BCUT2D eigenvalue weighted by atomic mass is 16.5. The molecule has 3 N–H and O–H groups in total. The first kappa shape index (κ1) is 25.5. The lowest BCUT2D eigenvalue weighted by molar-refractivity contribution is -0.138. The van der Waals surface area contributed by atoms with Gasteiger partial charge in [-0.15, -0.1) is 0 Å². The number of nitrogens with one attached hydrogen (secondary N) is 1. The lowest BCUT2D eigenvalue weighted by Gasteiger charge is -2.41. The van der Waals surface area contributed by atoms with Crippen LogP contribution >= 0.6 is 0 Å². The third-order valence-corrected chi connectivity index (χ3v) is 7.99. The molecule has 1 aliphatic heterocycles. The van der Waals surface area contributed by atoms with Crippen molar-refractivity contribution in [3.05, 3.63) is 77.4 Å². The van der Waals surface area contributed by atoms with Crippen LogP contribution in [0, 0.1) is 5.92 Å². The molecule has 7 heteroatoms. The van der Waals surface area contributed by atoms with Crippen molar-refractivity contribution in [1.29, 1.82) is 0 Å². The molecule has 1 heterocycles. The van der Waals surface area contributed by atoms with E-state index in [0.29, 0.717) is 30.2 Å². The van der Waals surface area contributed by atoms with Gasteiger partial charge in [0.1, 0.15) is 18.0 Å². The van der Waals surface area contributed by atoms with Crippen molar-refractivity contribution in [2.45, 2.75) is 69.2 Å². The minimum absolute atomic E-state index is 0.0277. The molecule has 0 saturated heterocycles. The number of para-hydroxylation sites is 1. The maximum absolute atomic E-state index is 13.7. The maximum Gasteiger partial charge on any atom is 0.247 e. The van der Waals surface area contributed by atoms with Crippen LogP contribution in [-0.4, -0.2) is 58.3 Å². The number of ether oxygens (including phenoxy) is 1. The highest BCUT2D eigenvalue weighted by molar-refractivity contribution is 5.96. The molecule has 2 aliphatic carbocycles. The summed E-state index contributed by atoms with van der Waals surface area (Å²) in [6.45, 7) is 0.280. The largest absolute Gasteiger partial charge is 0.486 e. The summed E-state index contributed by atoms with van der Waals surface area (Å²) < 4.78 is 6.20. The number of hydrogen-bond donors (Lipinski definition) is 3. The van der Waals surface area contributed by atoms with Crippen molar-refractivity contribution >= 4 is 11.8 Å². The van der Waals surface area contributed by atoms with Crippen LogP contribution in [0.3, 0.4) is 0 Å². The van der Waals surface area contributed by atoms with Gasteiger partial charge in [0.15, 0.2) is 0 Å².